The molecule has 2 aliphatic rings. The summed E-state index contributed by atoms with van der Waals surface area (Å²) >= 11 is 0. The lowest BCUT2D eigenvalue weighted by atomic mass is 10.1. The van der Waals surface area contributed by atoms with Crippen LogP contribution in [0.3, 0.4) is 0 Å². The highest BCUT2D eigenvalue weighted by atomic mass is 16.5. The molecule has 0 aliphatic carbocycles. The first kappa shape index (κ1) is 20.8. The maximum Gasteiger partial charge on any atom is 0.137 e. The molecule has 0 unspecified atom stereocenters. The molecule has 3 aromatic carbocycles. The van der Waals surface area contributed by atoms with Gasteiger partial charge in [0.15, 0.2) is 0 Å². The summed E-state index contributed by atoms with van der Waals surface area (Å²) in [4.78, 5) is 13.7. The number of allylic oxidation sites excluding steroid dienone is 1. The van der Waals surface area contributed by atoms with Crippen LogP contribution < -0.4 is 9.64 Å². The third-order valence-electron chi connectivity index (χ3n) is 6.97. The lowest BCUT2D eigenvalue weighted by Crippen LogP contribution is -2.24. The van der Waals surface area contributed by atoms with Crippen molar-refractivity contribution in [3.63, 3.8) is 0 Å². The van der Waals surface area contributed by atoms with Gasteiger partial charge in [0.05, 0.1) is 23.4 Å². The molecule has 6 nitrogen and oxygen atoms in total. The van der Waals surface area contributed by atoms with Crippen LogP contribution >= 0.6 is 0 Å². The number of rotatable bonds is 4. The number of ether oxygens (including phenoxy) is 1. The van der Waals surface area contributed by atoms with E-state index in [1.165, 1.54) is 22.2 Å². The van der Waals surface area contributed by atoms with Crippen molar-refractivity contribution >= 4 is 33.7 Å². The van der Waals surface area contributed by atoms with Gasteiger partial charge in [0.25, 0.3) is 0 Å². The second-order valence-electron chi connectivity index (χ2n) is 9.20. The molecule has 5 aromatic rings. The van der Waals surface area contributed by atoms with E-state index in [2.05, 4.69) is 86.0 Å². The molecular weight excluding hydrogens is 446 g/mol. The summed E-state index contributed by atoms with van der Waals surface area (Å²) in [7, 11) is 2.11. The van der Waals surface area contributed by atoms with Gasteiger partial charge in [-0.3, -0.25) is 9.56 Å². The maximum atomic E-state index is 6.42. The summed E-state index contributed by atoms with van der Waals surface area (Å²) in [5, 5.41) is 2.38. The normalized spacial score (nSPS) is 15.2. The fourth-order valence-corrected chi connectivity index (χ4v) is 5.32. The number of fused-ring (bicyclic) bond motifs is 3. The van der Waals surface area contributed by atoms with Gasteiger partial charge >= 0.3 is 0 Å². The van der Waals surface area contributed by atoms with Crippen LogP contribution in [-0.2, 0) is 0 Å². The topological polar surface area (TPSA) is 45.9 Å². The van der Waals surface area contributed by atoms with Crippen LogP contribution in [0.5, 0.6) is 11.5 Å². The minimum atomic E-state index is 0.794. The molecular formula is C30H25N5O. The van der Waals surface area contributed by atoms with Crippen LogP contribution in [0, 0.1) is 0 Å². The standard InChI is InChI=1S/C30H25N5O/c1-33-20-34(27-14-16-31-19-29(27)33)21-7-6-8-22(17-21)36-23-12-13-25-24-9-2-3-10-26(24)35(28(25)18-23)30-11-4-5-15-32-30/h2-13,15,17-19H,14,16,20H2,1H3. The Kier molecular flexibility index (Phi) is 4.77. The number of anilines is 1. The highest BCUT2D eigenvalue weighted by molar-refractivity contribution is 6.09. The van der Waals surface area contributed by atoms with Crippen molar-refractivity contribution in [1.29, 1.82) is 0 Å². The fourth-order valence-electron chi connectivity index (χ4n) is 5.32. The monoisotopic (exact) mass is 471 g/mol. The van der Waals surface area contributed by atoms with E-state index in [9.17, 15) is 0 Å². The van der Waals surface area contributed by atoms with Crippen molar-refractivity contribution in [1.82, 2.24) is 14.5 Å². The Morgan fingerprint density at radius 3 is 2.58 bits per heavy atom. The number of hydrogen-bond acceptors (Lipinski definition) is 5. The van der Waals surface area contributed by atoms with Crippen LogP contribution in [0.1, 0.15) is 6.42 Å². The van der Waals surface area contributed by atoms with Gasteiger partial charge in [0, 0.05) is 66.7 Å². The molecule has 0 atom stereocenters. The zero-order valence-electron chi connectivity index (χ0n) is 20.0. The summed E-state index contributed by atoms with van der Waals surface area (Å²) in [6, 6.07) is 29.1. The van der Waals surface area contributed by atoms with Gasteiger partial charge in [0.1, 0.15) is 17.3 Å². The van der Waals surface area contributed by atoms with Crippen molar-refractivity contribution in [3.05, 3.63) is 103 Å². The van der Waals surface area contributed by atoms with E-state index in [-0.39, 0.29) is 0 Å². The lowest BCUT2D eigenvalue weighted by molar-refractivity contribution is 0.476. The molecule has 0 saturated carbocycles. The van der Waals surface area contributed by atoms with Gasteiger partial charge < -0.3 is 14.5 Å². The third kappa shape index (κ3) is 3.33. The predicted molar refractivity (Wildman–Crippen MR) is 145 cm³/mol. The van der Waals surface area contributed by atoms with Crippen molar-refractivity contribution in [2.24, 2.45) is 4.99 Å². The molecule has 0 bridgehead atoms. The van der Waals surface area contributed by atoms with Gasteiger partial charge in [-0.15, -0.1) is 0 Å². The van der Waals surface area contributed by atoms with E-state index in [4.69, 9.17) is 4.74 Å². The summed E-state index contributed by atoms with van der Waals surface area (Å²) in [5.74, 6) is 2.50. The molecule has 7 rings (SSSR count). The summed E-state index contributed by atoms with van der Waals surface area (Å²) in [6.45, 7) is 1.65. The minimum Gasteiger partial charge on any atom is -0.457 e. The Bertz CT molecular complexity index is 1670. The molecule has 0 saturated heterocycles. The number of pyridine rings is 1. The minimum absolute atomic E-state index is 0.794. The fraction of sp³-hybridized carbons (Fsp3) is 0.133. The predicted octanol–water partition coefficient (Wildman–Crippen LogP) is 6.37. The van der Waals surface area contributed by atoms with E-state index in [1.807, 2.05) is 42.7 Å². The van der Waals surface area contributed by atoms with Crippen LogP contribution in [0.15, 0.2) is 108 Å². The number of aromatic nitrogens is 2. The van der Waals surface area contributed by atoms with Crippen molar-refractivity contribution in [2.45, 2.75) is 6.42 Å². The Morgan fingerprint density at radius 1 is 0.806 bits per heavy atom. The average Bonchev–Trinajstić information content (AvgIpc) is 3.44. The maximum absolute atomic E-state index is 6.42. The van der Waals surface area contributed by atoms with Crippen LogP contribution in [0.25, 0.3) is 27.6 Å². The number of dihydropyridines is 1. The van der Waals surface area contributed by atoms with Gasteiger partial charge in [-0.2, -0.15) is 0 Å². The molecule has 2 aromatic heterocycles. The first-order chi connectivity index (χ1) is 17.8. The first-order valence-electron chi connectivity index (χ1n) is 12.2. The number of nitrogens with zero attached hydrogens (tertiary/aromatic N) is 5. The average molecular weight is 472 g/mol. The number of aliphatic imine (C=N–C) groups is 1. The van der Waals surface area contributed by atoms with E-state index >= 15 is 0 Å². The Balaban J connectivity index is 1.27. The van der Waals surface area contributed by atoms with Gasteiger partial charge in [-0.05, 0) is 42.5 Å². The quantitative estimate of drug-likeness (QED) is 0.306. The molecule has 0 fully saturated rings. The largest absolute Gasteiger partial charge is 0.457 e. The lowest BCUT2D eigenvalue weighted by Gasteiger charge is -2.23. The molecule has 2 aliphatic heterocycles. The zero-order chi connectivity index (χ0) is 24.1. The Hall–Kier alpha value is -4.58. The zero-order valence-corrected chi connectivity index (χ0v) is 20.0. The van der Waals surface area contributed by atoms with Crippen LogP contribution in [-0.4, -0.2) is 40.9 Å². The second kappa shape index (κ2) is 8.27. The molecule has 4 heterocycles. The van der Waals surface area contributed by atoms with Crippen molar-refractivity contribution in [3.8, 4) is 17.3 Å². The van der Waals surface area contributed by atoms with E-state index in [0.29, 0.717) is 0 Å². The molecule has 6 heteroatoms. The highest BCUT2D eigenvalue weighted by Crippen LogP contribution is 2.37. The van der Waals surface area contributed by atoms with Crippen LogP contribution in [0.2, 0.25) is 0 Å². The van der Waals surface area contributed by atoms with Crippen molar-refractivity contribution < 1.29 is 4.74 Å². The molecule has 0 N–H and O–H groups in total. The molecule has 176 valence electrons. The molecule has 0 radical (unpaired) electrons. The first-order valence-corrected chi connectivity index (χ1v) is 12.2. The van der Waals surface area contributed by atoms with Crippen LogP contribution in [0.4, 0.5) is 5.69 Å². The second-order valence-corrected chi connectivity index (χ2v) is 9.20. The van der Waals surface area contributed by atoms with Gasteiger partial charge in [0.2, 0.25) is 0 Å². The smallest absolute Gasteiger partial charge is 0.137 e. The highest BCUT2D eigenvalue weighted by Gasteiger charge is 2.28. The molecule has 0 amide bonds. The summed E-state index contributed by atoms with van der Waals surface area (Å²) in [6.07, 6.45) is 4.78. The van der Waals surface area contributed by atoms with E-state index in [1.54, 1.807) is 0 Å². The van der Waals surface area contributed by atoms with Gasteiger partial charge in [-0.1, -0.05) is 30.3 Å². The summed E-state index contributed by atoms with van der Waals surface area (Å²) in [5.41, 5.74) is 5.86. The summed E-state index contributed by atoms with van der Waals surface area (Å²) < 4.78 is 8.62. The SMILES string of the molecule is CN1CN(c2cccc(Oc3ccc4c5ccccc5n(-c5ccccn5)c4c3)c2)C2=C1C=NCC2. The van der Waals surface area contributed by atoms with E-state index < -0.39 is 0 Å². The third-order valence-corrected chi connectivity index (χ3v) is 6.97. The molecule has 0 spiro atoms. The number of benzene rings is 3. The van der Waals surface area contributed by atoms with E-state index in [0.717, 1.165) is 53.7 Å². The number of hydrogen-bond donors (Lipinski definition) is 0. The Labute approximate surface area is 209 Å². The van der Waals surface area contributed by atoms with Crippen molar-refractivity contribution in [2.75, 3.05) is 25.2 Å². The molecule has 36 heavy (non-hydrogen) atoms. The number of para-hydroxylation sites is 1. The van der Waals surface area contributed by atoms with Gasteiger partial charge in [-0.25, -0.2) is 4.98 Å². The Morgan fingerprint density at radius 2 is 1.67 bits per heavy atom.